The van der Waals surface area contributed by atoms with E-state index in [2.05, 4.69) is 42.7 Å². The lowest BCUT2D eigenvalue weighted by Gasteiger charge is -2.42. The minimum absolute atomic E-state index is 0.0167. The summed E-state index contributed by atoms with van der Waals surface area (Å²) in [5.41, 5.74) is 0. The Morgan fingerprint density at radius 2 is 1.40 bits per heavy atom. The van der Waals surface area contributed by atoms with Gasteiger partial charge in [-0.2, -0.15) is 10.0 Å². The number of rotatable bonds is 4. The van der Waals surface area contributed by atoms with Crippen LogP contribution in [-0.2, 0) is 0 Å². The summed E-state index contributed by atoms with van der Waals surface area (Å²) >= 11 is 0. The van der Waals surface area contributed by atoms with Crippen molar-refractivity contribution in [1.29, 1.82) is 0 Å². The van der Waals surface area contributed by atoms with Crippen LogP contribution < -0.4 is 9.47 Å². The van der Waals surface area contributed by atoms with Gasteiger partial charge in [-0.15, -0.1) is 0 Å². The van der Waals surface area contributed by atoms with Gasteiger partial charge in [0.1, 0.15) is 23.9 Å². The van der Waals surface area contributed by atoms with E-state index in [4.69, 9.17) is 14.6 Å². The Balaban J connectivity index is 1.85. The molecule has 0 aromatic heterocycles. The third-order valence-electron chi connectivity index (χ3n) is 4.45. The summed E-state index contributed by atoms with van der Waals surface area (Å²) in [6.07, 6.45) is 2.32. The van der Waals surface area contributed by atoms with Crippen molar-refractivity contribution >= 4 is 10.0 Å². The molecule has 0 fully saturated rings. The summed E-state index contributed by atoms with van der Waals surface area (Å²) in [5.74, 6) is 2.63. The van der Waals surface area contributed by atoms with Crippen LogP contribution in [0.3, 0.4) is 0 Å². The lowest BCUT2D eigenvalue weighted by molar-refractivity contribution is 0.201. The van der Waals surface area contributed by atoms with E-state index in [9.17, 15) is 0 Å². The van der Waals surface area contributed by atoms with Crippen molar-refractivity contribution in [2.75, 3.05) is 19.5 Å². The number of para-hydroxylation sites is 2. The molecule has 25 heavy (non-hydrogen) atoms. The highest BCUT2D eigenvalue weighted by Gasteiger charge is 2.35. The van der Waals surface area contributed by atoms with Crippen LogP contribution in [-0.4, -0.2) is 24.6 Å². The lowest BCUT2D eigenvalue weighted by atomic mass is 10.3. The van der Waals surface area contributed by atoms with E-state index >= 15 is 0 Å². The molecule has 1 heterocycles. The van der Waals surface area contributed by atoms with E-state index in [1.807, 2.05) is 36.4 Å². The molecule has 0 spiro atoms. The number of hydrogen-bond donors (Lipinski definition) is 1. The van der Waals surface area contributed by atoms with Crippen molar-refractivity contribution in [2.45, 2.75) is 14.7 Å². The monoisotopic (exact) mass is 352 g/mol. The first-order valence-corrected chi connectivity index (χ1v) is 10.3. The Morgan fingerprint density at radius 1 is 0.840 bits per heavy atom. The molecule has 3 aromatic carbocycles. The molecular weight excluding hydrogens is 332 g/mol. The third-order valence-corrected chi connectivity index (χ3v) is 8.10. The molecule has 0 bridgehead atoms. The molecule has 3 aromatic rings. The summed E-state index contributed by atoms with van der Waals surface area (Å²) in [4.78, 5) is 3.72. The Bertz CT molecular complexity index is 844. The van der Waals surface area contributed by atoms with Crippen LogP contribution in [0.4, 0.5) is 0 Å². The van der Waals surface area contributed by atoms with Crippen molar-refractivity contribution < 1.29 is 14.6 Å². The SMILES string of the molecule is CS1(c2ccc(OCCO)cc2)c2ccccc2Oc2ccccc21. The maximum absolute atomic E-state index is 8.91. The first-order valence-electron chi connectivity index (χ1n) is 8.21. The van der Waals surface area contributed by atoms with E-state index in [0.717, 1.165) is 17.2 Å². The van der Waals surface area contributed by atoms with Crippen molar-refractivity contribution in [1.82, 2.24) is 0 Å². The second kappa shape index (κ2) is 6.47. The van der Waals surface area contributed by atoms with Crippen molar-refractivity contribution in [3.05, 3.63) is 72.8 Å². The van der Waals surface area contributed by atoms with Crippen LogP contribution in [0.15, 0.2) is 87.5 Å². The number of hydrogen-bond acceptors (Lipinski definition) is 3. The van der Waals surface area contributed by atoms with Crippen LogP contribution in [0.2, 0.25) is 0 Å². The molecule has 0 saturated carbocycles. The topological polar surface area (TPSA) is 38.7 Å². The molecule has 4 heteroatoms. The van der Waals surface area contributed by atoms with E-state index in [-0.39, 0.29) is 6.61 Å². The van der Waals surface area contributed by atoms with Gasteiger partial charge in [0, 0.05) is 9.79 Å². The Labute approximate surface area is 149 Å². The van der Waals surface area contributed by atoms with Crippen LogP contribution >= 0.6 is 10.0 Å². The molecule has 4 rings (SSSR count). The van der Waals surface area contributed by atoms with E-state index in [1.54, 1.807) is 0 Å². The molecule has 1 aliphatic rings. The van der Waals surface area contributed by atoms with Crippen molar-refractivity contribution in [3.8, 4) is 17.2 Å². The number of aliphatic hydroxyl groups is 1. The van der Waals surface area contributed by atoms with Gasteiger partial charge in [-0.1, -0.05) is 24.3 Å². The quantitative estimate of drug-likeness (QED) is 0.712. The van der Waals surface area contributed by atoms with Gasteiger partial charge in [0.25, 0.3) is 0 Å². The van der Waals surface area contributed by atoms with E-state index in [0.29, 0.717) is 6.61 Å². The van der Waals surface area contributed by atoms with Crippen LogP contribution in [0.25, 0.3) is 0 Å². The fourth-order valence-corrected chi connectivity index (χ4v) is 6.36. The van der Waals surface area contributed by atoms with Gasteiger partial charge in [-0.3, -0.25) is 0 Å². The van der Waals surface area contributed by atoms with E-state index < -0.39 is 10.0 Å². The molecule has 1 N–H and O–H groups in total. The summed E-state index contributed by atoms with van der Waals surface area (Å²) in [7, 11) is -1.40. The molecule has 0 unspecified atom stereocenters. The summed E-state index contributed by atoms with van der Waals surface area (Å²) in [6, 6.07) is 24.8. The van der Waals surface area contributed by atoms with Gasteiger partial charge in [0.15, 0.2) is 0 Å². The fraction of sp³-hybridized carbons (Fsp3) is 0.143. The predicted molar refractivity (Wildman–Crippen MR) is 100 cm³/mol. The Kier molecular flexibility index (Phi) is 4.15. The zero-order valence-corrected chi connectivity index (χ0v) is 14.8. The van der Waals surface area contributed by atoms with Gasteiger partial charge < -0.3 is 14.6 Å². The molecule has 0 saturated heterocycles. The number of benzene rings is 3. The lowest BCUT2D eigenvalue weighted by Crippen LogP contribution is -2.09. The molecule has 1 aliphatic heterocycles. The molecule has 128 valence electrons. The summed E-state index contributed by atoms with van der Waals surface area (Å²) in [6.45, 7) is 0.325. The highest BCUT2D eigenvalue weighted by molar-refractivity contribution is 8.33. The highest BCUT2D eigenvalue weighted by Crippen LogP contribution is 2.72. The zero-order chi connectivity index (χ0) is 17.3. The van der Waals surface area contributed by atoms with Gasteiger partial charge in [0.2, 0.25) is 0 Å². The minimum atomic E-state index is -1.40. The first kappa shape index (κ1) is 16.1. The number of aliphatic hydroxyl groups excluding tert-OH is 1. The van der Waals surface area contributed by atoms with E-state index in [1.165, 1.54) is 14.7 Å². The van der Waals surface area contributed by atoms with Gasteiger partial charge in [-0.25, -0.2) is 0 Å². The minimum Gasteiger partial charge on any atom is -0.491 e. The zero-order valence-electron chi connectivity index (χ0n) is 14.0. The molecule has 0 atom stereocenters. The van der Waals surface area contributed by atoms with Gasteiger partial charge in [-0.05, 0) is 59.7 Å². The van der Waals surface area contributed by atoms with Crippen LogP contribution in [0.1, 0.15) is 0 Å². The maximum Gasteiger partial charge on any atom is 0.140 e. The Morgan fingerprint density at radius 3 is 1.96 bits per heavy atom. The van der Waals surface area contributed by atoms with Gasteiger partial charge >= 0.3 is 0 Å². The fourth-order valence-electron chi connectivity index (χ4n) is 3.21. The number of ether oxygens (including phenoxy) is 2. The second-order valence-electron chi connectivity index (χ2n) is 5.96. The molecule has 0 amide bonds. The second-order valence-corrected chi connectivity index (χ2v) is 9.15. The number of fused-ring (bicyclic) bond motifs is 2. The van der Waals surface area contributed by atoms with Crippen LogP contribution in [0, 0.1) is 0 Å². The standard InChI is InChI=1S/C21H20O3S/c1-25(17-12-10-16(11-13-17)23-15-14-22)20-8-4-2-6-18(20)24-19-7-3-5-9-21(19)25/h2-13,22H,14-15H2,1H3. The molecule has 0 radical (unpaired) electrons. The third kappa shape index (κ3) is 2.68. The highest BCUT2D eigenvalue weighted by atomic mass is 32.3. The predicted octanol–water partition coefficient (Wildman–Crippen LogP) is 5.07. The van der Waals surface area contributed by atoms with Crippen LogP contribution in [0.5, 0.6) is 17.2 Å². The summed E-state index contributed by atoms with van der Waals surface area (Å²) < 4.78 is 11.6. The molecule has 0 aliphatic carbocycles. The first-order chi connectivity index (χ1) is 12.2. The van der Waals surface area contributed by atoms with Crippen molar-refractivity contribution in [3.63, 3.8) is 0 Å². The normalized spacial score (nSPS) is 15.4. The van der Waals surface area contributed by atoms with Gasteiger partial charge in [0.05, 0.1) is 6.61 Å². The molecular formula is C21H20O3S. The Hall–Kier alpha value is -2.43. The molecule has 3 nitrogen and oxygen atoms in total. The van der Waals surface area contributed by atoms with Crippen molar-refractivity contribution in [2.24, 2.45) is 0 Å². The summed E-state index contributed by atoms with van der Waals surface area (Å²) in [5, 5.41) is 8.91. The largest absolute Gasteiger partial charge is 0.491 e. The smallest absolute Gasteiger partial charge is 0.140 e. The average Bonchev–Trinajstić information content (AvgIpc) is 2.67. The average molecular weight is 352 g/mol. The maximum atomic E-state index is 8.91.